The van der Waals surface area contributed by atoms with Gasteiger partial charge in [0.15, 0.2) is 0 Å². The number of piperazine rings is 1. The van der Waals surface area contributed by atoms with Crippen LogP contribution in [0.1, 0.15) is 0 Å². The third-order valence-electron chi connectivity index (χ3n) is 3.62. The van der Waals surface area contributed by atoms with Crippen LogP contribution >= 0.6 is 31.9 Å². The van der Waals surface area contributed by atoms with Gasteiger partial charge in [-0.3, -0.25) is 0 Å². The highest BCUT2D eigenvalue weighted by Crippen LogP contribution is 2.28. The number of carbonyl (C=O) groups excluding carboxylic acids is 1. The first-order valence-electron chi connectivity index (χ1n) is 7.33. The van der Waals surface area contributed by atoms with Gasteiger partial charge in [0, 0.05) is 48.8 Å². The maximum atomic E-state index is 12.8. The quantitative estimate of drug-likeness (QED) is 0.647. The molecule has 2 rings (SSSR count). The highest BCUT2D eigenvalue weighted by Gasteiger charge is 2.31. The van der Waals surface area contributed by atoms with E-state index in [1.165, 1.54) is 4.31 Å². The zero-order chi connectivity index (χ0) is 17.7. The Bertz CT molecular complexity index is 691. The lowest BCUT2D eigenvalue weighted by Crippen LogP contribution is -2.53. The number of halogens is 2. The molecule has 1 aliphatic heterocycles. The van der Waals surface area contributed by atoms with Crippen LogP contribution in [0.3, 0.4) is 0 Å². The molecule has 0 radical (unpaired) electrons. The van der Waals surface area contributed by atoms with E-state index in [1.807, 2.05) is 0 Å². The molecular weight excluding hydrogens is 466 g/mol. The highest BCUT2D eigenvalue weighted by molar-refractivity contribution is 9.11. The first kappa shape index (κ1) is 19.6. The van der Waals surface area contributed by atoms with Crippen LogP contribution < -0.4 is 5.32 Å². The molecule has 10 heteroatoms. The molecule has 0 unspecified atom stereocenters. The first-order valence-corrected chi connectivity index (χ1v) is 10.4. The summed E-state index contributed by atoms with van der Waals surface area (Å²) >= 11 is 6.59. The molecule has 1 aliphatic rings. The number of benzene rings is 1. The van der Waals surface area contributed by atoms with Crippen LogP contribution in [0.15, 0.2) is 32.0 Å². The van der Waals surface area contributed by atoms with Crippen LogP contribution in [-0.4, -0.2) is 70.1 Å². The molecule has 0 aliphatic carbocycles. The maximum Gasteiger partial charge on any atom is 0.317 e. The molecule has 134 valence electrons. The summed E-state index contributed by atoms with van der Waals surface area (Å²) in [5.74, 6) is 0. The number of ether oxygens (including phenoxy) is 1. The van der Waals surface area contributed by atoms with E-state index in [9.17, 15) is 13.2 Å². The summed E-state index contributed by atoms with van der Waals surface area (Å²) in [5, 5.41) is 2.74. The van der Waals surface area contributed by atoms with Gasteiger partial charge in [0.2, 0.25) is 10.0 Å². The number of urea groups is 1. The van der Waals surface area contributed by atoms with E-state index in [2.05, 4.69) is 37.2 Å². The number of carbonyl (C=O) groups is 1. The normalized spacial score (nSPS) is 16.2. The van der Waals surface area contributed by atoms with Gasteiger partial charge in [0.05, 0.1) is 11.5 Å². The van der Waals surface area contributed by atoms with Crippen molar-refractivity contribution in [3.8, 4) is 0 Å². The van der Waals surface area contributed by atoms with E-state index in [-0.39, 0.29) is 24.0 Å². The van der Waals surface area contributed by atoms with Crippen molar-refractivity contribution in [1.82, 2.24) is 14.5 Å². The zero-order valence-electron chi connectivity index (χ0n) is 13.2. The molecule has 1 fully saturated rings. The number of hydrogen-bond donors (Lipinski definition) is 1. The molecule has 1 heterocycles. The summed E-state index contributed by atoms with van der Waals surface area (Å²) in [4.78, 5) is 13.8. The monoisotopic (exact) mass is 483 g/mol. The van der Waals surface area contributed by atoms with Gasteiger partial charge in [0.25, 0.3) is 0 Å². The van der Waals surface area contributed by atoms with E-state index < -0.39 is 10.0 Å². The number of amides is 2. The summed E-state index contributed by atoms with van der Waals surface area (Å²) in [6.07, 6.45) is 0. The minimum Gasteiger partial charge on any atom is -0.383 e. The van der Waals surface area contributed by atoms with Crippen molar-refractivity contribution in [3.63, 3.8) is 0 Å². The Morgan fingerprint density at radius 2 is 1.92 bits per heavy atom. The zero-order valence-corrected chi connectivity index (χ0v) is 17.2. The van der Waals surface area contributed by atoms with Crippen LogP contribution in [0.25, 0.3) is 0 Å². The van der Waals surface area contributed by atoms with Gasteiger partial charge in [-0.1, -0.05) is 15.9 Å². The number of nitrogens with one attached hydrogen (secondary N) is 1. The summed E-state index contributed by atoms with van der Waals surface area (Å²) < 4.78 is 33.1. The Hall–Kier alpha value is -0.680. The molecular formula is C14H19Br2N3O4S. The standard InChI is InChI=1S/C14H19Br2N3O4S/c1-23-9-4-17-14(20)18-5-7-19(8-6-18)24(21,22)13-10-11(15)2-3-12(13)16/h2-3,10H,4-9H2,1H3,(H,17,20). The molecule has 0 saturated carbocycles. The van der Waals surface area contributed by atoms with Crippen molar-refractivity contribution >= 4 is 47.9 Å². The predicted octanol–water partition coefficient (Wildman–Crippen LogP) is 1.87. The molecule has 1 aromatic rings. The average Bonchev–Trinajstić information content (AvgIpc) is 2.57. The van der Waals surface area contributed by atoms with Gasteiger partial charge in [-0.2, -0.15) is 4.31 Å². The van der Waals surface area contributed by atoms with Gasteiger partial charge in [-0.15, -0.1) is 0 Å². The Morgan fingerprint density at radius 1 is 1.25 bits per heavy atom. The van der Waals surface area contributed by atoms with Gasteiger partial charge in [0.1, 0.15) is 0 Å². The average molecular weight is 485 g/mol. The van der Waals surface area contributed by atoms with Crippen molar-refractivity contribution in [3.05, 3.63) is 27.1 Å². The number of hydrogen-bond acceptors (Lipinski definition) is 4. The van der Waals surface area contributed by atoms with Crippen LogP contribution in [0, 0.1) is 0 Å². The summed E-state index contributed by atoms with van der Waals surface area (Å²) in [6.45, 7) is 2.10. The first-order chi connectivity index (χ1) is 11.4. The molecule has 0 spiro atoms. The largest absolute Gasteiger partial charge is 0.383 e. The third kappa shape index (κ3) is 4.69. The third-order valence-corrected chi connectivity index (χ3v) is 7.01. The molecule has 1 saturated heterocycles. The number of rotatable bonds is 5. The van der Waals surface area contributed by atoms with Crippen LogP contribution in [0.2, 0.25) is 0 Å². The van der Waals surface area contributed by atoms with Crippen molar-refractivity contribution in [2.45, 2.75) is 4.90 Å². The summed E-state index contributed by atoms with van der Waals surface area (Å²) in [5.41, 5.74) is 0. The van der Waals surface area contributed by atoms with Gasteiger partial charge >= 0.3 is 6.03 Å². The van der Waals surface area contributed by atoms with Gasteiger partial charge in [-0.25, -0.2) is 13.2 Å². The van der Waals surface area contributed by atoms with Crippen molar-refractivity contribution < 1.29 is 17.9 Å². The lowest BCUT2D eigenvalue weighted by Gasteiger charge is -2.34. The van der Waals surface area contributed by atoms with Crippen molar-refractivity contribution in [1.29, 1.82) is 0 Å². The Balaban J connectivity index is 2.01. The second-order valence-corrected chi connectivity index (χ2v) is 8.87. The van der Waals surface area contributed by atoms with E-state index in [1.54, 1.807) is 30.2 Å². The second-order valence-electron chi connectivity index (χ2n) is 5.19. The smallest absolute Gasteiger partial charge is 0.317 e. The van der Waals surface area contributed by atoms with Crippen molar-refractivity contribution in [2.75, 3.05) is 46.4 Å². The van der Waals surface area contributed by atoms with E-state index in [0.717, 1.165) is 0 Å². The molecule has 24 heavy (non-hydrogen) atoms. The van der Waals surface area contributed by atoms with Crippen molar-refractivity contribution in [2.24, 2.45) is 0 Å². The summed E-state index contributed by atoms with van der Waals surface area (Å²) in [7, 11) is -2.04. The minimum atomic E-state index is -3.61. The second kappa shape index (κ2) is 8.61. The summed E-state index contributed by atoms with van der Waals surface area (Å²) in [6, 6.07) is 4.83. The SMILES string of the molecule is COCCNC(=O)N1CCN(S(=O)(=O)c2cc(Br)ccc2Br)CC1. The molecule has 2 amide bonds. The Morgan fingerprint density at radius 3 is 2.54 bits per heavy atom. The molecule has 0 bridgehead atoms. The molecule has 1 N–H and O–H groups in total. The van der Waals surface area contributed by atoms with Crippen LogP contribution in [0.5, 0.6) is 0 Å². The van der Waals surface area contributed by atoms with Crippen LogP contribution in [0.4, 0.5) is 4.79 Å². The highest BCUT2D eigenvalue weighted by atomic mass is 79.9. The molecule has 0 aromatic heterocycles. The topological polar surface area (TPSA) is 79.0 Å². The number of nitrogens with zero attached hydrogens (tertiary/aromatic N) is 2. The van der Waals surface area contributed by atoms with E-state index >= 15 is 0 Å². The minimum absolute atomic E-state index is 0.201. The van der Waals surface area contributed by atoms with Crippen LogP contribution in [-0.2, 0) is 14.8 Å². The molecule has 1 aromatic carbocycles. The number of sulfonamides is 1. The lowest BCUT2D eigenvalue weighted by atomic mass is 10.4. The Kier molecular flexibility index (Phi) is 7.05. The fourth-order valence-corrected chi connectivity index (χ4v) is 5.20. The van der Waals surface area contributed by atoms with Gasteiger partial charge < -0.3 is 15.0 Å². The lowest BCUT2D eigenvalue weighted by molar-refractivity contribution is 0.163. The predicted molar refractivity (Wildman–Crippen MR) is 97.4 cm³/mol. The van der Waals surface area contributed by atoms with E-state index in [4.69, 9.17) is 4.74 Å². The number of methoxy groups -OCH3 is 1. The van der Waals surface area contributed by atoms with E-state index in [0.29, 0.717) is 35.2 Å². The fraction of sp³-hybridized carbons (Fsp3) is 0.500. The Labute approximate surface area is 158 Å². The van der Waals surface area contributed by atoms with Gasteiger partial charge in [-0.05, 0) is 34.1 Å². The fourth-order valence-electron chi connectivity index (χ4n) is 2.32. The molecule has 0 atom stereocenters. The maximum absolute atomic E-state index is 12.8. The molecule has 7 nitrogen and oxygen atoms in total.